The van der Waals surface area contributed by atoms with Gasteiger partial charge in [0.05, 0.1) is 6.54 Å². The van der Waals surface area contributed by atoms with Crippen molar-refractivity contribution >= 4 is 5.91 Å². The minimum absolute atomic E-state index is 0.0768. The summed E-state index contributed by atoms with van der Waals surface area (Å²) in [6.07, 6.45) is 5.47. The Balaban J connectivity index is 1.51. The van der Waals surface area contributed by atoms with Crippen LogP contribution in [-0.4, -0.2) is 16.0 Å². The first-order valence-electron chi connectivity index (χ1n) is 7.46. The van der Waals surface area contributed by atoms with Crippen LogP contribution in [0, 0.1) is 5.92 Å². The molecule has 5 nitrogen and oxygen atoms in total. The zero-order chi connectivity index (χ0) is 14.5. The maximum absolute atomic E-state index is 11.9. The molecule has 5 heteroatoms. The van der Waals surface area contributed by atoms with Gasteiger partial charge in [-0.25, -0.2) is 0 Å². The smallest absolute Gasteiger partial charge is 0.257 e. The van der Waals surface area contributed by atoms with Crippen molar-refractivity contribution in [2.75, 3.05) is 0 Å². The Bertz CT molecular complexity index is 589. The molecule has 1 aliphatic carbocycles. The SMILES string of the molecule is O=C(CC1CCCC1)NCc1noc(-c2ccccc2)n1. The van der Waals surface area contributed by atoms with Crippen LogP contribution in [0.15, 0.2) is 34.9 Å². The summed E-state index contributed by atoms with van der Waals surface area (Å²) in [5.74, 6) is 1.62. The standard InChI is InChI=1S/C16H19N3O2/c20-15(10-12-6-4-5-7-12)17-11-14-18-16(21-19-14)13-8-2-1-3-9-13/h1-3,8-9,12H,4-7,10-11H2,(H,17,20). The first kappa shape index (κ1) is 13.8. The zero-order valence-electron chi connectivity index (χ0n) is 11.9. The highest BCUT2D eigenvalue weighted by Crippen LogP contribution is 2.27. The highest BCUT2D eigenvalue weighted by Gasteiger charge is 2.18. The van der Waals surface area contributed by atoms with Crippen LogP contribution in [-0.2, 0) is 11.3 Å². The molecule has 0 atom stereocenters. The molecule has 3 rings (SSSR count). The van der Waals surface area contributed by atoms with Gasteiger partial charge in [-0.2, -0.15) is 4.98 Å². The van der Waals surface area contributed by atoms with Crippen LogP contribution in [0.25, 0.3) is 11.5 Å². The lowest BCUT2D eigenvalue weighted by molar-refractivity contribution is -0.122. The van der Waals surface area contributed by atoms with Crippen molar-refractivity contribution in [3.8, 4) is 11.5 Å². The molecule has 1 aromatic carbocycles. The molecule has 0 saturated heterocycles. The Hall–Kier alpha value is -2.17. The molecule has 21 heavy (non-hydrogen) atoms. The van der Waals surface area contributed by atoms with Crippen LogP contribution in [0.4, 0.5) is 0 Å². The van der Waals surface area contributed by atoms with Crippen LogP contribution < -0.4 is 5.32 Å². The molecule has 2 aromatic rings. The molecule has 1 heterocycles. The molecule has 0 unspecified atom stereocenters. The van der Waals surface area contributed by atoms with Crippen molar-refractivity contribution in [2.24, 2.45) is 5.92 Å². The van der Waals surface area contributed by atoms with Crippen LogP contribution in [0.5, 0.6) is 0 Å². The van der Waals surface area contributed by atoms with Gasteiger partial charge in [-0.1, -0.05) is 36.2 Å². The van der Waals surface area contributed by atoms with Gasteiger partial charge in [-0.3, -0.25) is 4.79 Å². The maximum atomic E-state index is 11.9. The van der Waals surface area contributed by atoms with Crippen molar-refractivity contribution < 1.29 is 9.32 Å². The van der Waals surface area contributed by atoms with Gasteiger partial charge in [0.2, 0.25) is 5.91 Å². The van der Waals surface area contributed by atoms with E-state index in [1.165, 1.54) is 25.7 Å². The number of carbonyl (C=O) groups excluding carboxylic acids is 1. The van der Waals surface area contributed by atoms with Crippen LogP contribution in [0.2, 0.25) is 0 Å². The summed E-state index contributed by atoms with van der Waals surface area (Å²) in [5.41, 5.74) is 0.883. The zero-order valence-corrected chi connectivity index (χ0v) is 11.9. The topological polar surface area (TPSA) is 68.0 Å². The van der Waals surface area contributed by atoms with Gasteiger partial charge in [-0.15, -0.1) is 0 Å². The predicted molar refractivity (Wildman–Crippen MR) is 78.2 cm³/mol. The monoisotopic (exact) mass is 285 g/mol. The quantitative estimate of drug-likeness (QED) is 0.917. The van der Waals surface area contributed by atoms with Crippen LogP contribution in [0.1, 0.15) is 37.9 Å². The average Bonchev–Trinajstić information content (AvgIpc) is 3.17. The number of hydrogen-bond donors (Lipinski definition) is 1. The van der Waals surface area contributed by atoms with E-state index in [0.717, 1.165) is 5.56 Å². The third-order valence-electron chi connectivity index (χ3n) is 3.88. The fourth-order valence-corrected chi connectivity index (χ4v) is 2.75. The molecule has 1 fully saturated rings. The molecule has 110 valence electrons. The molecule has 1 aliphatic rings. The van der Waals surface area contributed by atoms with Crippen molar-refractivity contribution in [2.45, 2.75) is 38.6 Å². The number of nitrogens with one attached hydrogen (secondary N) is 1. The first-order chi connectivity index (χ1) is 10.3. The molecule has 0 bridgehead atoms. The Labute approximate surface area is 123 Å². The number of aromatic nitrogens is 2. The largest absolute Gasteiger partial charge is 0.349 e. The molecule has 1 amide bonds. The lowest BCUT2D eigenvalue weighted by Gasteiger charge is -2.07. The van der Waals surface area contributed by atoms with Gasteiger partial charge >= 0.3 is 0 Å². The third kappa shape index (κ3) is 3.68. The van der Waals surface area contributed by atoms with E-state index in [2.05, 4.69) is 15.5 Å². The van der Waals surface area contributed by atoms with E-state index in [1.54, 1.807) is 0 Å². The third-order valence-corrected chi connectivity index (χ3v) is 3.88. The number of carbonyl (C=O) groups is 1. The number of nitrogens with zero attached hydrogens (tertiary/aromatic N) is 2. The summed E-state index contributed by atoms with van der Waals surface area (Å²) in [7, 11) is 0. The van der Waals surface area contributed by atoms with Crippen molar-refractivity contribution in [1.82, 2.24) is 15.5 Å². The second kappa shape index (κ2) is 6.52. The van der Waals surface area contributed by atoms with Crippen LogP contribution in [0.3, 0.4) is 0 Å². The summed E-state index contributed by atoms with van der Waals surface area (Å²) >= 11 is 0. The Kier molecular flexibility index (Phi) is 4.28. The van der Waals surface area contributed by atoms with E-state index in [1.807, 2.05) is 30.3 Å². The van der Waals surface area contributed by atoms with Crippen molar-refractivity contribution in [3.63, 3.8) is 0 Å². The molecular weight excluding hydrogens is 266 g/mol. The highest BCUT2D eigenvalue weighted by molar-refractivity contribution is 5.76. The normalized spacial score (nSPS) is 15.2. The molecule has 0 radical (unpaired) electrons. The minimum Gasteiger partial charge on any atom is -0.349 e. The summed E-state index contributed by atoms with van der Waals surface area (Å²) in [6.45, 7) is 0.321. The summed E-state index contributed by atoms with van der Waals surface area (Å²) in [6, 6.07) is 9.60. The van der Waals surface area contributed by atoms with Gasteiger partial charge < -0.3 is 9.84 Å². The highest BCUT2D eigenvalue weighted by atomic mass is 16.5. The van der Waals surface area contributed by atoms with Crippen molar-refractivity contribution in [1.29, 1.82) is 0 Å². The van der Waals surface area contributed by atoms with Crippen molar-refractivity contribution in [3.05, 3.63) is 36.2 Å². The Morgan fingerprint density at radius 2 is 2.00 bits per heavy atom. The summed E-state index contributed by atoms with van der Waals surface area (Å²) in [4.78, 5) is 16.1. The summed E-state index contributed by atoms with van der Waals surface area (Å²) < 4.78 is 5.20. The van der Waals surface area contributed by atoms with E-state index in [9.17, 15) is 4.79 Å². The van der Waals surface area contributed by atoms with Gasteiger partial charge in [0.1, 0.15) is 0 Å². The molecule has 1 aromatic heterocycles. The minimum atomic E-state index is 0.0768. The number of benzene rings is 1. The van der Waals surface area contributed by atoms with E-state index < -0.39 is 0 Å². The summed E-state index contributed by atoms with van der Waals surface area (Å²) in [5, 5.41) is 6.76. The number of amides is 1. The molecule has 1 saturated carbocycles. The van der Waals surface area contributed by atoms with Gasteiger partial charge in [0.15, 0.2) is 5.82 Å². The van der Waals surface area contributed by atoms with Crippen LogP contribution >= 0.6 is 0 Å². The number of hydrogen-bond acceptors (Lipinski definition) is 4. The fraction of sp³-hybridized carbons (Fsp3) is 0.438. The van der Waals surface area contributed by atoms with E-state index >= 15 is 0 Å². The van der Waals surface area contributed by atoms with Gasteiger partial charge in [0.25, 0.3) is 5.89 Å². The Morgan fingerprint density at radius 3 is 2.76 bits per heavy atom. The molecule has 0 aliphatic heterocycles. The van der Waals surface area contributed by atoms with E-state index in [0.29, 0.717) is 30.6 Å². The maximum Gasteiger partial charge on any atom is 0.257 e. The number of rotatable bonds is 5. The van der Waals surface area contributed by atoms with Gasteiger partial charge in [0, 0.05) is 12.0 Å². The second-order valence-electron chi connectivity index (χ2n) is 5.51. The molecular formula is C16H19N3O2. The average molecular weight is 285 g/mol. The van der Waals surface area contributed by atoms with Gasteiger partial charge in [-0.05, 0) is 30.9 Å². The lowest BCUT2D eigenvalue weighted by atomic mass is 10.0. The second-order valence-corrected chi connectivity index (χ2v) is 5.51. The Morgan fingerprint density at radius 1 is 1.24 bits per heavy atom. The van der Waals surface area contributed by atoms with E-state index in [4.69, 9.17) is 4.52 Å². The first-order valence-corrected chi connectivity index (χ1v) is 7.46. The van der Waals surface area contributed by atoms with E-state index in [-0.39, 0.29) is 5.91 Å². The molecule has 0 spiro atoms. The fourth-order valence-electron chi connectivity index (χ4n) is 2.75. The lowest BCUT2D eigenvalue weighted by Crippen LogP contribution is -2.25. The molecule has 1 N–H and O–H groups in total. The predicted octanol–water partition coefficient (Wildman–Crippen LogP) is 2.93.